The average Bonchev–Trinajstić information content (AvgIpc) is 2.79. The van der Waals surface area contributed by atoms with Gasteiger partial charge in [-0.05, 0) is 57.5 Å². The van der Waals surface area contributed by atoms with E-state index in [1.54, 1.807) is 26.0 Å². The van der Waals surface area contributed by atoms with Crippen LogP contribution in [0.2, 0.25) is 0 Å². The number of ketones is 1. The minimum atomic E-state index is -1.17. The molecule has 0 unspecified atom stereocenters. The third-order valence-electron chi connectivity index (χ3n) is 3.70. The minimum absolute atomic E-state index is 0.0305. The van der Waals surface area contributed by atoms with Crippen LogP contribution in [0.25, 0.3) is 10.9 Å². The van der Waals surface area contributed by atoms with Gasteiger partial charge in [0.25, 0.3) is 0 Å². The lowest BCUT2D eigenvalue weighted by Crippen LogP contribution is -2.37. The molecule has 22 heavy (non-hydrogen) atoms. The smallest absolute Gasteiger partial charge is 0.185 e. The number of aliphatic hydroxyl groups excluding tert-OH is 1. The Morgan fingerprint density at radius 1 is 1.36 bits per heavy atom. The highest BCUT2D eigenvalue weighted by Crippen LogP contribution is 2.24. The summed E-state index contributed by atoms with van der Waals surface area (Å²) >= 11 is 0. The summed E-state index contributed by atoms with van der Waals surface area (Å²) in [6, 6.07) is 5.48. The summed E-state index contributed by atoms with van der Waals surface area (Å²) in [4.78, 5) is 15.3. The van der Waals surface area contributed by atoms with Crippen LogP contribution in [0.3, 0.4) is 0 Å². The first-order valence-corrected chi connectivity index (χ1v) is 7.38. The van der Waals surface area contributed by atoms with Crippen LogP contribution < -0.4 is 0 Å². The Morgan fingerprint density at radius 2 is 2.05 bits per heavy atom. The molecule has 0 fully saturated rings. The van der Waals surface area contributed by atoms with Crippen LogP contribution in [-0.2, 0) is 6.42 Å². The molecule has 0 spiro atoms. The second kappa shape index (κ2) is 6.07. The molecule has 0 aliphatic heterocycles. The molecule has 0 aliphatic carbocycles. The quantitative estimate of drug-likeness (QED) is 0.587. The molecule has 1 aromatic carbocycles. The molecule has 1 aromatic heterocycles. The fraction of sp³-hybridized carbons (Fsp3) is 0.389. The first-order valence-electron chi connectivity index (χ1n) is 7.38. The number of carbonyl (C=O) groups is 1. The molecule has 0 aliphatic rings. The van der Waals surface area contributed by atoms with Gasteiger partial charge in [-0.3, -0.25) is 4.79 Å². The Balaban J connectivity index is 2.38. The second-order valence-electron chi connectivity index (χ2n) is 6.53. The molecule has 3 N–H and O–H groups in total. The van der Waals surface area contributed by atoms with Gasteiger partial charge in [0.05, 0.1) is 11.7 Å². The van der Waals surface area contributed by atoms with Gasteiger partial charge in [-0.15, -0.1) is 0 Å². The van der Waals surface area contributed by atoms with E-state index in [9.17, 15) is 15.0 Å². The summed E-state index contributed by atoms with van der Waals surface area (Å²) in [7, 11) is 0. The third-order valence-corrected chi connectivity index (χ3v) is 3.70. The maximum absolute atomic E-state index is 12.1. The van der Waals surface area contributed by atoms with Crippen LogP contribution in [0.1, 0.15) is 43.6 Å². The Bertz CT molecular complexity index is 715. The van der Waals surface area contributed by atoms with Crippen molar-refractivity contribution in [3.63, 3.8) is 0 Å². The predicted octanol–water partition coefficient (Wildman–Crippen LogP) is 2.99. The number of aromatic nitrogens is 1. The van der Waals surface area contributed by atoms with Gasteiger partial charge in [0.2, 0.25) is 0 Å². The van der Waals surface area contributed by atoms with Crippen LogP contribution in [0.4, 0.5) is 0 Å². The number of aromatic amines is 1. The molecule has 0 saturated carbocycles. The lowest BCUT2D eigenvalue weighted by atomic mass is 9.94. The number of allylic oxidation sites excluding steroid dienone is 2. The highest BCUT2D eigenvalue weighted by atomic mass is 16.3. The third kappa shape index (κ3) is 3.64. The number of hydrogen-bond acceptors (Lipinski definition) is 3. The number of carbonyl (C=O) groups excluding carboxylic acids is 1. The maximum atomic E-state index is 12.1. The van der Waals surface area contributed by atoms with Crippen LogP contribution >= 0.6 is 0 Å². The molecular weight excluding hydrogens is 278 g/mol. The molecule has 0 radical (unpaired) electrons. The molecule has 4 nitrogen and oxygen atoms in total. The van der Waals surface area contributed by atoms with Crippen LogP contribution in [-0.4, -0.2) is 32.7 Å². The number of H-pyrrole nitrogens is 1. The number of rotatable bonds is 5. The van der Waals surface area contributed by atoms with Gasteiger partial charge in [0.1, 0.15) is 0 Å². The number of benzene rings is 1. The summed E-state index contributed by atoms with van der Waals surface area (Å²) in [6.07, 6.45) is 2.88. The normalized spacial score (nSPS) is 13.2. The summed E-state index contributed by atoms with van der Waals surface area (Å²) in [5.74, 6) is -0.0305. The molecule has 1 atom stereocenters. The van der Waals surface area contributed by atoms with E-state index in [1.165, 1.54) is 0 Å². The fourth-order valence-electron chi connectivity index (χ4n) is 2.30. The van der Waals surface area contributed by atoms with Gasteiger partial charge in [0, 0.05) is 29.1 Å². The van der Waals surface area contributed by atoms with Crippen molar-refractivity contribution in [3.8, 4) is 0 Å². The molecule has 0 amide bonds. The van der Waals surface area contributed by atoms with Crippen molar-refractivity contribution in [1.82, 2.24) is 4.98 Å². The molecule has 0 bridgehead atoms. The molecule has 0 saturated heterocycles. The molecule has 2 aromatic rings. The Kier molecular flexibility index (Phi) is 4.54. The monoisotopic (exact) mass is 301 g/mol. The fourth-order valence-corrected chi connectivity index (χ4v) is 2.30. The van der Waals surface area contributed by atoms with E-state index in [1.807, 2.05) is 32.2 Å². The molecular formula is C18H23NO3. The minimum Gasteiger partial charge on any atom is -0.390 e. The first kappa shape index (κ1) is 16.5. The van der Waals surface area contributed by atoms with Gasteiger partial charge < -0.3 is 15.2 Å². The number of aliphatic hydroxyl groups is 2. The lowest BCUT2D eigenvalue weighted by Gasteiger charge is -2.24. The van der Waals surface area contributed by atoms with E-state index < -0.39 is 11.7 Å². The van der Waals surface area contributed by atoms with E-state index in [-0.39, 0.29) is 5.78 Å². The zero-order valence-electron chi connectivity index (χ0n) is 13.5. The van der Waals surface area contributed by atoms with Crippen molar-refractivity contribution in [2.45, 2.75) is 45.8 Å². The van der Waals surface area contributed by atoms with Crippen LogP contribution in [0.15, 0.2) is 36.0 Å². The Labute approximate surface area is 130 Å². The van der Waals surface area contributed by atoms with Crippen molar-refractivity contribution >= 4 is 16.7 Å². The Morgan fingerprint density at radius 3 is 2.64 bits per heavy atom. The highest BCUT2D eigenvalue weighted by molar-refractivity contribution is 6.07. The van der Waals surface area contributed by atoms with Crippen molar-refractivity contribution in [3.05, 3.63) is 47.2 Å². The van der Waals surface area contributed by atoms with Crippen LogP contribution in [0, 0.1) is 0 Å². The zero-order valence-corrected chi connectivity index (χ0v) is 13.5. The van der Waals surface area contributed by atoms with Crippen molar-refractivity contribution in [2.75, 3.05) is 0 Å². The predicted molar refractivity (Wildman–Crippen MR) is 88.1 cm³/mol. The Hall–Kier alpha value is -1.91. The molecule has 1 heterocycles. The largest absolute Gasteiger partial charge is 0.390 e. The second-order valence-corrected chi connectivity index (χ2v) is 6.53. The molecule has 2 rings (SSSR count). The summed E-state index contributed by atoms with van der Waals surface area (Å²) in [5, 5.41) is 20.9. The number of hydrogen-bond donors (Lipinski definition) is 3. The van der Waals surface area contributed by atoms with Gasteiger partial charge in [0.15, 0.2) is 5.78 Å². The van der Waals surface area contributed by atoms with E-state index in [2.05, 4.69) is 4.98 Å². The van der Waals surface area contributed by atoms with Crippen molar-refractivity contribution < 1.29 is 15.0 Å². The summed E-state index contributed by atoms with van der Waals surface area (Å²) < 4.78 is 0. The van der Waals surface area contributed by atoms with E-state index in [0.717, 1.165) is 22.0 Å². The van der Waals surface area contributed by atoms with Crippen molar-refractivity contribution in [1.29, 1.82) is 0 Å². The number of fused-ring (bicyclic) bond motifs is 1. The van der Waals surface area contributed by atoms with Gasteiger partial charge in [-0.2, -0.15) is 0 Å². The van der Waals surface area contributed by atoms with E-state index in [0.29, 0.717) is 12.0 Å². The highest BCUT2D eigenvalue weighted by Gasteiger charge is 2.25. The van der Waals surface area contributed by atoms with E-state index in [4.69, 9.17) is 0 Å². The molecule has 4 heteroatoms. The average molecular weight is 301 g/mol. The topological polar surface area (TPSA) is 73.3 Å². The van der Waals surface area contributed by atoms with Gasteiger partial charge >= 0.3 is 0 Å². The SMILES string of the molecule is CC(C)=CC(=O)c1ccc2[nH]cc(C[C@@H](O)C(C)(C)O)c2c1. The van der Waals surface area contributed by atoms with Gasteiger partial charge in [-0.25, -0.2) is 0 Å². The standard InChI is InChI=1S/C18H23NO3/c1-11(2)7-16(20)12-5-6-15-14(8-12)13(10-19-15)9-17(21)18(3,4)22/h5-8,10,17,19,21-22H,9H2,1-4H3/t17-/m1/s1. The van der Waals surface area contributed by atoms with Crippen molar-refractivity contribution in [2.24, 2.45) is 0 Å². The maximum Gasteiger partial charge on any atom is 0.185 e. The van der Waals surface area contributed by atoms with E-state index >= 15 is 0 Å². The summed E-state index contributed by atoms with van der Waals surface area (Å²) in [5.41, 5.74) is 2.20. The first-order chi connectivity index (χ1) is 10.2. The number of nitrogens with one attached hydrogen (secondary N) is 1. The van der Waals surface area contributed by atoms with Gasteiger partial charge in [-0.1, -0.05) is 5.57 Å². The lowest BCUT2D eigenvalue weighted by molar-refractivity contribution is -0.0468. The summed E-state index contributed by atoms with van der Waals surface area (Å²) in [6.45, 7) is 6.93. The molecule has 118 valence electrons. The van der Waals surface area contributed by atoms with Crippen LogP contribution in [0.5, 0.6) is 0 Å². The zero-order chi connectivity index (χ0) is 16.5.